The van der Waals surface area contributed by atoms with E-state index >= 15 is 0 Å². The van der Waals surface area contributed by atoms with Crippen molar-refractivity contribution in [3.8, 4) is 0 Å². The zero-order valence-electron chi connectivity index (χ0n) is 15.1. The van der Waals surface area contributed by atoms with Crippen LogP contribution in [0.5, 0.6) is 0 Å². The number of hydrogen-bond donors (Lipinski definition) is 2. The summed E-state index contributed by atoms with van der Waals surface area (Å²) in [5, 5.41) is 6.32. The first-order valence-electron chi connectivity index (χ1n) is 8.97. The quantitative estimate of drug-likeness (QED) is 0.741. The number of benzene rings is 2. The van der Waals surface area contributed by atoms with Crippen molar-refractivity contribution in [2.75, 3.05) is 25.0 Å². The van der Waals surface area contributed by atoms with Gasteiger partial charge in [-0.25, -0.2) is 9.18 Å². The molecule has 1 heterocycles. The highest BCUT2D eigenvalue weighted by Crippen LogP contribution is 2.25. The van der Waals surface area contributed by atoms with Crippen LogP contribution in [0.25, 0.3) is 0 Å². The molecule has 0 aliphatic carbocycles. The minimum absolute atomic E-state index is 0.0973. The Morgan fingerprint density at radius 2 is 1.79 bits per heavy atom. The van der Waals surface area contributed by atoms with Gasteiger partial charge in [-0.15, -0.1) is 0 Å². The van der Waals surface area contributed by atoms with Crippen molar-refractivity contribution in [3.05, 3.63) is 63.9 Å². The van der Waals surface area contributed by atoms with Crippen LogP contribution in [0, 0.1) is 11.7 Å². The second-order valence-corrected chi connectivity index (χ2v) is 7.49. The van der Waals surface area contributed by atoms with Crippen LogP contribution in [0.4, 0.5) is 14.9 Å². The molecule has 1 aliphatic rings. The van der Waals surface area contributed by atoms with E-state index < -0.39 is 5.82 Å². The van der Waals surface area contributed by atoms with Gasteiger partial charge in [0.2, 0.25) is 0 Å². The van der Waals surface area contributed by atoms with E-state index in [1.54, 1.807) is 35.2 Å². The molecule has 2 aromatic carbocycles. The van der Waals surface area contributed by atoms with Crippen molar-refractivity contribution in [3.63, 3.8) is 0 Å². The Bertz CT molecular complexity index is 870. The first-order valence-corrected chi connectivity index (χ1v) is 9.73. The number of amides is 3. The van der Waals surface area contributed by atoms with Crippen molar-refractivity contribution >= 4 is 40.8 Å². The average molecular weight is 424 g/mol. The summed E-state index contributed by atoms with van der Waals surface area (Å²) in [6.07, 6.45) is 1.49. The molecule has 0 saturated carbocycles. The Hall–Kier alpha value is -2.31. The molecule has 3 rings (SSSR count). The average Bonchev–Trinajstić information content (AvgIpc) is 2.69. The second kappa shape index (κ2) is 9.26. The van der Waals surface area contributed by atoms with Gasteiger partial charge in [0.05, 0.1) is 15.6 Å². The van der Waals surface area contributed by atoms with Gasteiger partial charge in [0.1, 0.15) is 5.82 Å². The molecule has 1 aliphatic heterocycles. The summed E-state index contributed by atoms with van der Waals surface area (Å²) in [6.45, 7) is 1.57. The van der Waals surface area contributed by atoms with Crippen molar-refractivity contribution in [2.45, 2.75) is 12.8 Å². The van der Waals surface area contributed by atoms with E-state index in [4.69, 9.17) is 23.2 Å². The summed E-state index contributed by atoms with van der Waals surface area (Å²) >= 11 is 11.8. The molecule has 0 unspecified atom stereocenters. The van der Waals surface area contributed by atoms with Gasteiger partial charge in [-0.3, -0.25) is 4.79 Å². The van der Waals surface area contributed by atoms with Gasteiger partial charge in [-0.1, -0.05) is 35.3 Å². The van der Waals surface area contributed by atoms with Gasteiger partial charge < -0.3 is 15.5 Å². The number of hydrogen-bond acceptors (Lipinski definition) is 2. The summed E-state index contributed by atoms with van der Waals surface area (Å²) in [5.74, 6) is -0.540. The molecule has 5 nitrogen and oxygen atoms in total. The summed E-state index contributed by atoms with van der Waals surface area (Å²) in [6, 6.07) is 10.5. The monoisotopic (exact) mass is 423 g/mol. The molecule has 3 amide bonds. The van der Waals surface area contributed by atoms with E-state index in [-0.39, 0.29) is 23.4 Å². The zero-order chi connectivity index (χ0) is 20.1. The molecule has 0 aromatic heterocycles. The second-order valence-electron chi connectivity index (χ2n) is 6.68. The Morgan fingerprint density at radius 1 is 1.07 bits per heavy atom. The number of likely N-dealkylation sites (tertiary alicyclic amines) is 1. The maximum Gasteiger partial charge on any atom is 0.319 e. The molecule has 2 aromatic rings. The highest BCUT2D eigenvalue weighted by Gasteiger charge is 2.25. The fourth-order valence-electron chi connectivity index (χ4n) is 3.13. The van der Waals surface area contributed by atoms with Crippen molar-refractivity contribution in [1.82, 2.24) is 10.2 Å². The topological polar surface area (TPSA) is 61.4 Å². The molecule has 148 valence electrons. The minimum atomic E-state index is -0.504. The van der Waals surface area contributed by atoms with Crippen LogP contribution in [-0.4, -0.2) is 36.5 Å². The van der Waals surface area contributed by atoms with Crippen molar-refractivity contribution in [1.29, 1.82) is 0 Å². The largest absolute Gasteiger partial charge is 0.339 e. The zero-order valence-corrected chi connectivity index (χ0v) is 16.6. The van der Waals surface area contributed by atoms with E-state index in [9.17, 15) is 14.0 Å². The number of anilines is 1. The standard InChI is InChI=1S/C20H20Cl2FN3O2/c21-16-6-5-14(11-17(16)22)25-20(28)24-12-13-7-9-26(10-8-13)19(27)15-3-1-2-4-18(15)23/h1-6,11,13H,7-10,12H2,(H2,24,25,28). The Balaban J connectivity index is 1.44. The van der Waals surface area contributed by atoms with Gasteiger partial charge in [-0.05, 0) is 49.1 Å². The summed E-state index contributed by atoms with van der Waals surface area (Å²) in [7, 11) is 0. The van der Waals surface area contributed by atoms with Crippen LogP contribution < -0.4 is 10.6 Å². The normalized spacial score (nSPS) is 14.6. The number of rotatable bonds is 4. The molecule has 8 heteroatoms. The van der Waals surface area contributed by atoms with Crippen LogP contribution in [0.2, 0.25) is 10.0 Å². The highest BCUT2D eigenvalue weighted by molar-refractivity contribution is 6.42. The van der Waals surface area contributed by atoms with Crippen LogP contribution >= 0.6 is 23.2 Å². The maximum atomic E-state index is 13.8. The summed E-state index contributed by atoms with van der Waals surface area (Å²) in [4.78, 5) is 26.1. The van der Waals surface area contributed by atoms with Gasteiger partial charge in [0.25, 0.3) is 5.91 Å². The molecule has 1 saturated heterocycles. The molecule has 1 fully saturated rings. The van der Waals surface area contributed by atoms with Gasteiger partial charge in [0, 0.05) is 25.3 Å². The first kappa shape index (κ1) is 20.4. The smallest absolute Gasteiger partial charge is 0.319 e. The fraction of sp³-hybridized carbons (Fsp3) is 0.300. The number of piperidine rings is 1. The number of carbonyl (C=O) groups excluding carboxylic acids is 2. The molecule has 0 radical (unpaired) electrons. The number of halogens is 3. The van der Waals surface area contributed by atoms with Gasteiger partial charge in [-0.2, -0.15) is 0 Å². The predicted octanol–water partition coefficient (Wildman–Crippen LogP) is 4.81. The highest BCUT2D eigenvalue weighted by atomic mass is 35.5. The lowest BCUT2D eigenvalue weighted by Crippen LogP contribution is -2.42. The van der Waals surface area contributed by atoms with Crippen molar-refractivity contribution in [2.24, 2.45) is 5.92 Å². The molecular formula is C20H20Cl2FN3O2. The molecule has 0 spiro atoms. The molecule has 28 heavy (non-hydrogen) atoms. The third-order valence-electron chi connectivity index (χ3n) is 4.73. The Kier molecular flexibility index (Phi) is 6.75. The number of nitrogens with zero attached hydrogens (tertiary/aromatic N) is 1. The maximum absolute atomic E-state index is 13.8. The van der Waals surface area contributed by atoms with Crippen molar-refractivity contribution < 1.29 is 14.0 Å². The third-order valence-corrected chi connectivity index (χ3v) is 5.47. The van der Waals surface area contributed by atoms with Crippen LogP contribution in [-0.2, 0) is 0 Å². The van der Waals surface area contributed by atoms with Crippen LogP contribution in [0.3, 0.4) is 0 Å². The number of urea groups is 1. The summed E-state index contributed by atoms with van der Waals surface area (Å²) in [5.41, 5.74) is 0.650. The molecular weight excluding hydrogens is 404 g/mol. The van der Waals surface area contributed by atoms with Crippen LogP contribution in [0.1, 0.15) is 23.2 Å². The fourth-order valence-corrected chi connectivity index (χ4v) is 3.43. The van der Waals surface area contributed by atoms with E-state index in [0.717, 1.165) is 12.8 Å². The van der Waals surface area contributed by atoms with Gasteiger partial charge in [0.15, 0.2) is 0 Å². The SMILES string of the molecule is O=C(NCC1CCN(C(=O)c2ccccc2F)CC1)Nc1ccc(Cl)c(Cl)c1. The molecule has 2 N–H and O–H groups in total. The summed E-state index contributed by atoms with van der Waals surface area (Å²) < 4.78 is 13.8. The van der Waals surface area contributed by atoms with E-state index in [1.165, 1.54) is 12.1 Å². The van der Waals surface area contributed by atoms with E-state index in [0.29, 0.717) is 35.4 Å². The Morgan fingerprint density at radius 3 is 2.46 bits per heavy atom. The first-order chi connectivity index (χ1) is 13.4. The molecule has 0 atom stereocenters. The lowest BCUT2D eigenvalue weighted by Gasteiger charge is -2.32. The third kappa shape index (κ3) is 5.14. The lowest BCUT2D eigenvalue weighted by atomic mass is 9.96. The Labute approximate surface area is 172 Å². The number of nitrogens with one attached hydrogen (secondary N) is 2. The van der Waals surface area contributed by atoms with E-state index in [1.807, 2.05) is 0 Å². The molecule has 0 bridgehead atoms. The van der Waals surface area contributed by atoms with Gasteiger partial charge >= 0.3 is 6.03 Å². The minimum Gasteiger partial charge on any atom is -0.339 e. The van der Waals surface area contributed by atoms with E-state index in [2.05, 4.69) is 10.6 Å². The van der Waals surface area contributed by atoms with Crippen LogP contribution in [0.15, 0.2) is 42.5 Å². The lowest BCUT2D eigenvalue weighted by molar-refractivity contribution is 0.0686. The number of carbonyl (C=O) groups is 2. The predicted molar refractivity (Wildman–Crippen MR) is 109 cm³/mol.